The molecule has 0 aliphatic rings. The third-order valence-corrected chi connectivity index (χ3v) is 4.65. The van der Waals surface area contributed by atoms with Crippen LogP contribution in [-0.4, -0.2) is 29.9 Å². The molecule has 3 aromatic rings. The van der Waals surface area contributed by atoms with Gasteiger partial charge in [0, 0.05) is 23.2 Å². The fourth-order valence-electron chi connectivity index (χ4n) is 2.75. The van der Waals surface area contributed by atoms with E-state index in [9.17, 15) is 9.59 Å². The molecule has 0 fully saturated rings. The molecule has 150 valence electrons. The van der Waals surface area contributed by atoms with Crippen LogP contribution in [0.1, 0.15) is 5.56 Å². The Balaban J connectivity index is 1.80. The number of amides is 1. The van der Waals surface area contributed by atoms with Crippen LogP contribution < -0.4 is 20.3 Å². The average molecular weight is 414 g/mol. The van der Waals surface area contributed by atoms with Gasteiger partial charge in [-0.1, -0.05) is 29.8 Å². The van der Waals surface area contributed by atoms with Crippen molar-refractivity contribution in [3.05, 3.63) is 75.5 Å². The molecular weight excluding hydrogens is 394 g/mol. The molecule has 0 unspecified atom stereocenters. The molecular formula is C21H20ClN3O4. The number of halogens is 1. The van der Waals surface area contributed by atoms with Crippen molar-refractivity contribution in [2.24, 2.45) is 0 Å². The summed E-state index contributed by atoms with van der Waals surface area (Å²) in [5.74, 6) is 0.846. The van der Waals surface area contributed by atoms with Crippen molar-refractivity contribution >= 4 is 17.5 Å². The van der Waals surface area contributed by atoms with E-state index in [0.717, 1.165) is 10.2 Å². The number of hydrogen-bond donors (Lipinski definition) is 1. The summed E-state index contributed by atoms with van der Waals surface area (Å²) >= 11 is 6.09. The molecule has 7 nitrogen and oxygen atoms in total. The maximum absolute atomic E-state index is 12.3. The number of benzene rings is 2. The Labute approximate surface area is 172 Å². The van der Waals surface area contributed by atoms with Gasteiger partial charge in [-0.25, -0.2) is 4.68 Å². The minimum atomic E-state index is -0.386. The molecule has 1 heterocycles. The van der Waals surface area contributed by atoms with Crippen LogP contribution in [0.2, 0.25) is 5.02 Å². The molecule has 1 N–H and O–H groups in total. The topological polar surface area (TPSA) is 82.5 Å². The molecule has 8 heteroatoms. The van der Waals surface area contributed by atoms with Crippen molar-refractivity contribution in [1.29, 1.82) is 0 Å². The highest BCUT2D eigenvalue weighted by Crippen LogP contribution is 2.31. The molecule has 0 aliphatic heterocycles. The molecule has 1 amide bonds. The summed E-state index contributed by atoms with van der Waals surface area (Å²) in [5.41, 5.74) is 1.54. The minimum Gasteiger partial charge on any atom is -0.497 e. The third kappa shape index (κ3) is 4.94. The molecule has 2 aromatic carbocycles. The van der Waals surface area contributed by atoms with Gasteiger partial charge in [-0.15, -0.1) is 0 Å². The number of hydrogen-bond acceptors (Lipinski definition) is 5. The lowest BCUT2D eigenvalue weighted by Gasteiger charge is -2.12. The Kier molecular flexibility index (Phi) is 6.51. The monoisotopic (exact) mass is 413 g/mol. The second-order valence-electron chi connectivity index (χ2n) is 6.15. The lowest BCUT2D eigenvalue weighted by molar-refractivity contribution is -0.122. The van der Waals surface area contributed by atoms with E-state index in [2.05, 4.69) is 10.4 Å². The predicted octanol–water partition coefficient (Wildman–Crippen LogP) is 2.90. The zero-order valence-corrected chi connectivity index (χ0v) is 16.8. The van der Waals surface area contributed by atoms with Gasteiger partial charge in [-0.2, -0.15) is 5.10 Å². The quantitative estimate of drug-likeness (QED) is 0.644. The van der Waals surface area contributed by atoms with Crippen molar-refractivity contribution in [3.8, 4) is 22.8 Å². The molecule has 0 radical (unpaired) electrons. The van der Waals surface area contributed by atoms with Crippen molar-refractivity contribution in [2.75, 3.05) is 14.2 Å². The summed E-state index contributed by atoms with van der Waals surface area (Å²) in [6.07, 6.45) is 0. The number of carbonyl (C=O) groups is 1. The molecule has 1 aromatic heterocycles. The van der Waals surface area contributed by atoms with E-state index in [-0.39, 0.29) is 24.6 Å². The summed E-state index contributed by atoms with van der Waals surface area (Å²) in [4.78, 5) is 24.5. The Morgan fingerprint density at radius 3 is 2.62 bits per heavy atom. The Bertz CT molecular complexity index is 1080. The molecule has 29 heavy (non-hydrogen) atoms. The summed E-state index contributed by atoms with van der Waals surface area (Å²) < 4.78 is 11.7. The van der Waals surface area contributed by atoms with E-state index < -0.39 is 0 Å². The van der Waals surface area contributed by atoms with Crippen molar-refractivity contribution in [2.45, 2.75) is 13.1 Å². The van der Waals surface area contributed by atoms with Gasteiger partial charge in [0.25, 0.3) is 5.56 Å². The van der Waals surface area contributed by atoms with Gasteiger partial charge in [-0.3, -0.25) is 9.59 Å². The Morgan fingerprint density at radius 1 is 1.10 bits per heavy atom. The summed E-state index contributed by atoms with van der Waals surface area (Å²) in [7, 11) is 3.10. The van der Waals surface area contributed by atoms with Gasteiger partial charge in [0.15, 0.2) is 0 Å². The first-order chi connectivity index (χ1) is 14.0. The van der Waals surface area contributed by atoms with Crippen LogP contribution in [0, 0.1) is 0 Å². The molecule has 0 atom stereocenters. The van der Waals surface area contributed by atoms with Crippen LogP contribution in [0.25, 0.3) is 11.3 Å². The number of methoxy groups -OCH3 is 2. The highest BCUT2D eigenvalue weighted by Gasteiger charge is 2.13. The van der Waals surface area contributed by atoms with E-state index in [1.807, 2.05) is 18.2 Å². The van der Waals surface area contributed by atoms with E-state index in [1.165, 1.54) is 6.07 Å². The third-order valence-electron chi connectivity index (χ3n) is 4.28. The maximum atomic E-state index is 12.3. The summed E-state index contributed by atoms with van der Waals surface area (Å²) in [5, 5.41) is 7.63. The van der Waals surface area contributed by atoms with Crippen LogP contribution in [0.15, 0.2) is 59.4 Å². The van der Waals surface area contributed by atoms with Crippen molar-refractivity contribution < 1.29 is 14.3 Å². The standard InChI is InChI=1S/C21H20ClN3O4/c1-28-15-7-9-19(29-2)16(11-15)18-8-10-21(27)25(24-18)13-20(26)23-12-14-5-3-4-6-17(14)22/h3-11H,12-13H2,1-2H3,(H,23,26). The second kappa shape index (κ2) is 9.25. The first-order valence-electron chi connectivity index (χ1n) is 8.82. The molecule has 0 saturated carbocycles. The van der Waals surface area contributed by atoms with Crippen LogP contribution in [0.3, 0.4) is 0 Å². The number of nitrogens with zero attached hydrogens (tertiary/aromatic N) is 2. The van der Waals surface area contributed by atoms with Gasteiger partial charge in [0.2, 0.25) is 5.91 Å². The van der Waals surface area contributed by atoms with Gasteiger partial charge >= 0.3 is 0 Å². The normalized spacial score (nSPS) is 10.4. The maximum Gasteiger partial charge on any atom is 0.267 e. The zero-order chi connectivity index (χ0) is 20.8. The fraction of sp³-hybridized carbons (Fsp3) is 0.190. The van der Waals surface area contributed by atoms with Gasteiger partial charge < -0.3 is 14.8 Å². The van der Waals surface area contributed by atoms with Crippen LogP contribution in [0.5, 0.6) is 11.5 Å². The number of nitrogens with one attached hydrogen (secondary N) is 1. The van der Waals surface area contributed by atoms with Crippen LogP contribution >= 0.6 is 11.6 Å². The largest absolute Gasteiger partial charge is 0.497 e. The van der Waals surface area contributed by atoms with E-state index in [1.54, 1.807) is 44.6 Å². The number of rotatable bonds is 7. The molecule has 0 spiro atoms. The van der Waals surface area contributed by atoms with Crippen molar-refractivity contribution in [1.82, 2.24) is 15.1 Å². The highest BCUT2D eigenvalue weighted by atomic mass is 35.5. The summed E-state index contributed by atoms with van der Waals surface area (Å²) in [6, 6.07) is 15.4. The van der Waals surface area contributed by atoms with Crippen LogP contribution in [0.4, 0.5) is 0 Å². The SMILES string of the molecule is COc1ccc(OC)c(-c2ccc(=O)n(CC(=O)NCc3ccccc3Cl)n2)c1. The molecule has 0 bridgehead atoms. The highest BCUT2D eigenvalue weighted by molar-refractivity contribution is 6.31. The zero-order valence-electron chi connectivity index (χ0n) is 16.0. The minimum absolute atomic E-state index is 0.219. The summed E-state index contributed by atoms with van der Waals surface area (Å²) in [6.45, 7) is 0.0417. The Hall–Kier alpha value is -3.32. The smallest absolute Gasteiger partial charge is 0.267 e. The van der Waals surface area contributed by atoms with Crippen molar-refractivity contribution in [3.63, 3.8) is 0 Å². The number of aromatic nitrogens is 2. The van der Waals surface area contributed by atoms with E-state index >= 15 is 0 Å². The second-order valence-corrected chi connectivity index (χ2v) is 6.56. The first kappa shape index (κ1) is 20.4. The van der Waals surface area contributed by atoms with Gasteiger partial charge in [0.1, 0.15) is 18.0 Å². The molecule has 0 aliphatic carbocycles. The van der Waals surface area contributed by atoms with Gasteiger partial charge in [0.05, 0.1) is 19.9 Å². The number of ether oxygens (including phenoxy) is 2. The average Bonchev–Trinajstić information content (AvgIpc) is 2.74. The molecule has 0 saturated heterocycles. The Morgan fingerprint density at radius 2 is 1.90 bits per heavy atom. The van der Waals surface area contributed by atoms with Gasteiger partial charge in [-0.05, 0) is 35.9 Å². The molecule has 3 rings (SSSR count). The van der Waals surface area contributed by atoms with Crippen LogP contribution in [-0.2, 0) is 17.9 Å². The lowest BCUT2D eigenvalue weighted by atomic mass is 10.1. The van der Waals surface area contributed by atoms with E-state index in [0.29, 0.717) is 27.8 Å². The number of carbonyl (C=O) groups excluding carboxylic acids is 1. The first-order valence-corrected chi connectivity index (χ1v) is 9.20. The van der Waals surface area contributed by atoms with E-state index in [4.69, 9.17) is 21.1 Å². The fourth-order valence-corrected chi connectivity index (χ4v) is 2.95. The predicted molar refractivity (Wildman–Crippen MR) is 110 cm³/mol. The lowest BCUT2D eigenvalue weighted by Crippen LogP contribution is -2.33.